The van der Waals surface area contributed by atoms with Crippen LogP contribution >= 0.6 is 0 Å². The average Bonchev–Trinajstić information content (AvgIpc) is 3.19. The van der Waals surface area contributed by atoms with Gasteiger partial charge in [0.2, 0.25) is 5.91 Å². The highest BCUT2D eigenvalue weighted by atomic mass is 16.7. The summed E-state index contributed by atoms with van der Waals surface area (Å²) < 4.78 is 31.3. The average molecular weight is 817 g/mol. The number of nitrogens with one attached hydrogen (secondary N) is 2. The Morgan fingerprint density at radius 1 is 0.825 bits per heavy atom. The summed E-state index contributed by atoms with van der Waals surface area (Å²) in [4.78, 5) is 39.1. The summed E-state index contributed by atoms with van der Waals surface area (Å²) in [7, 11) is 0. The number of amides is 1. The number of ether oxygens (including phenoxy) is 5. The number of carboxylic acids is 1. The van der Waals surface area contributed by atoms with E-state index in [1.165, 1.54) is 13.3 Å². The van der Waals surface area contributed by atoms with E-state index < -0.39 is 104 Å². The third-order valence-electron chi connectivity index (χ3n) is 12.4. The molecule has 2 aliphatic carbocycles. The maximum atomic E-state index is 13.8. The predicted octanol–water partition coefficient (Wildman–Crippen LogP) is 1.93. The third-order valence-corrected chi connectivity index (χ3v) is 12.4. The van der Waals surface area contributed by atoms with E-state index in [0.29, 0.717) is 32.2 Å². The highest BCUT2D eigenvalue weighted by Gasteiger charge is 2.52. The van der Waals surface area contributed by atoms with Crippen LogP contribution in [0.4, 0.5) is 0 Å². The van der Waals surface area contributed by atoms with Crippen LogP contribution in [-0.2, 0) is 38.1 Å². The second kappa shape index (κ2) is 23.8. The van der Waals surface area contributed by atoms with Crippen LogP contribution in [0.5, 0.6) is 0 Å². The second-order valence-electron chi connectivity index (χ2n) is 16.8. The number of aliphatic hydroxyl groups excluding tert-OH is 5. The lowest BCUT2D eigenvalue weighted by Gasteiger charge is -2.49. The van der Waals surface area contributed by atoms with E-state index in [9.17, 15) is 45.0 Å². The van der Waals surface area contributed by atoms with E-state index in [0.717, 1.165) is 57.9 Å². The fourth-order valence-electron chi connectivity index (χ4n) is 9.02. The third kappa shape index (κ3) is 13.6. The lowest BCUT2D eigenvalue weighted by Crippen LogP contribution is -2.67. The molecule has 2 saturated heterocycles. The zero-order valence-corrected chi connectivity index (χ0v) is 34.4. The molecular formula is C41H72N2O14. The van der Waals surface area contributed by atoms with Crippen molar-refractivity contribution < 1.29 is 68.7 Å². The lowest BCUT2D eigenvalue weighted by molar-refractivity contribution is -0.338. The number of ketones is 1. The number of aliphatic carboxylic acids is 1. The monoisotopic (exact) mass is 816 g/mol. The minimum absolute atomic E-state index is 0.0502. The van der Waals surface area contributed by atoms with Gasteiger partial charge in [-0.2, -0.15) is 0 Å². The molecule has 0 aromatic carbocycles. The largest absolute Gasteiger partial charge is 0.479 e. The maximum absolute atomic E-state index is 13.8. The number of hydrogen-bond acceptors (Lipinski definition) is 14. The zero-order chi connectivity index (χ0) is 41.6. The molecule has 1 amide bonds. The molecule has 0 aromatic rings. The molecule has 6 unspecified atom stereocenters. The fraction of sp³-hybridized carbons (Fsp3) is 0.927. The molecule has 330 valence electrons. The summed E-state index contributed by atoms with van der Waals surface area (Å²) in [5.41, 5.74) is 0. The van der Waals surface area contributed by atoms with E-state index in [2.05, 4.69) is 17.6 Å². The van der Waals surface area contributed by atoms with Gasteiger partial charge in [0.25, 0.3) is 0 Å². The van der Waals surface area contributed by atoms with Gasteiger partial charge in [-0.3, -0.25) is 9.59 Å². The van der Waals surface area contributed by atoms with Gasteiger partial charge in [0.15, 0.2) is 18.7 Å². The molecule has 57 heavy (non-hydrogen) atoms. The Hall–Kier alpha value is -1.83. The quantitative estimate of drug-likeness (QED) is 0.0729. The van der Waals surface area contributed by atoms with Gasteiger partial charge in [-0.1, -0.05) is 71.6 Å². The zero-order valence-electron chi connectivity index (χ0n) is 34.4. The van der Waals surface area contributed by atoms with Crippen LogP contribution in [0.25, 0.3) is 0 Å². The first-order valence-corrected chi connectivity index (χ1v) is 21.6. The van der Waals surface area contributed by atoms with Gasteiger partial charge < -0.3 is 65.0 Å². The Kier molecular flexibility index (Phi) is 20.0. The van der Waals surface area contributed by atoms with Gasteiger partial charge in [-0.25, -0.2) is 4.79 Å². The van der Waals surface area contributed by atoms with Gasteiger partial charge >= 0.3 is 5.97 Å². The molecule has 0 bridgehead atoms. The number of aliphatic hydroxyl groups is 5. The minimum atomic E-state index is -1.61. The Morgan fingerprint density at radius 3 is 2.19 bits per heavy atom. The SMILES string of the molecule is CCCCCCNCCCC(=O)C1CC(CC)[C@@H](O[C@@H]2OC(C)[C@@H](O)[C@H](O)C2O)[C@H](O[C@@H]2O[C@@H](CO)[C@H](O)C(O[C@@H](CC3CCCCC3)C(=O)O)C2NC(C)=O)C1. The first-order valence-electron chi connectivity index (χ1n) is 21.6. The standard InChI is InChI=1S/C41H72N2O14/c1-5-7-8-12-17-42-18-13-16-28(46)27-20-26(6-2)37(57-41-36(50)35(49)33(47)23(3)53-41)29(21-27)55-40-32(43-24(4)45)38(34(48)31(22-44)56-40)54-30(39(51)52)19-25-14-10-9-11-15-25/h23,25-27,29-38,40-42,44,47-50H,5-22H2,1-4H3,(H,43,45)(H,51,52)/t23?,26?,27?,29-,30+,31+,32?,33-,34+,35+,36?,37-,38?,40-,41+/m1/s1. The Balaban J connectivity index is 1.60. The fourth-order valence-corrected chi connectivity index (χ4v) is 9.02. The molecule has 16 nitrogen and oxygen atoms in total. The van der Waals surface area contributed by atoms with Crippen molar-refractivity contribution in [2.24, 2.45) is 17.8 Å². The molecule has 2 aliphatic heterocycles. The molecule has 0 radical (unpaired) electrons. The Labute approximate surface area is 337 Å². The number of carbonyl (C=O) groups excluding carboxylic acids is 2. The van der Waals surface area contributed by atoms with E-state index in [1.807, 2.05) is 6.92 Å². The van der Waals surface area contributed by atoms with Crippen LogP contribution < -0.4 is 10.6 Å². The first kappa shape index (κ1) is 47.8. The molecule has 16 heteroatoms. The van der Waals surface area contributed by atoms with Crippen molar-refractivity contribution in [1.82, 2.24) is 10.6 Å². The molecule has 2 saturated carbocycles. The summed E-state index contributed by atoms with van der Waals surface area (Å²) in [6.07, 6.45) is -3.80. The summed E-state index contributed by atoms with van der Waals surface area (Å²) in [5.74, 6) is -2.35. The molecule has 4 fully saturated rings. The molecule has 8 N–H and O–H groups in total. The van der Waals surface area contributed by atoms with E-state index in [-0.39, 0.29) is 30.5 Å². The van der Waals surface area contributed by atoms with Crippen molar-refractivity contribution in [3.8, 4) is 0 Å². The maximum Gasteiger partial charge on any atom is 0.332 e. The summed E-state index contributed by atoms with van der Waals surface area (Å²) >= 11 is 0. The number of rotatable bonds is 22. The van der Waals surface area contributed by atoms with Gasteiger partial charge in [0, 0.05) is 19.3 Å². The van der Waals surface area contributed by atoms with Crippen molar-refractivity contribution >= 4 is 17.7 Å². The number of unbranched alkanes of at least 4 members (excludes halogenated alkanes) is 3. The number of carbonyl (C=O) groups is 3. The van der Waals surface area contributed by atoms with Crippen molar-refractivity contribution in [1.29, 1.82) is 0 Å². The van der Waals surface area contributed by atoms with E-state index >= 15 is 0 Å². The van der Waals surface area contributed by atoms with Gasteiger partial charge in [0.05, 0.1) is 24.9 Å². The Morgan fingerprint density at radius 2 is 1.54 bits per heavy atom. The van der Waals surface area contributed by atoms with Crippen molar-refractivity contribution in [3.05, 3.63) is 0 Å². The number of Topliss-reactive ketones (excluding diaryl/α,β-unsaturated/α-hetero) is 1. The first-order chi connectivity index (χ1) is 27.3. The van der Waals surface area contributed by atoms with Gasteiger partial charge in [-0.05, 0) is 64.0 Å². The van der Waals surface area contributed by atoms with Crippen molar-refractivity contribution in [3.63, 3.8) is 0 Å². The molecule has 4 rings (SSSR count). The van der Waals surface area contributed by atoms with Gasteiger partial charge in [-0.15, -0.1) is 0 Å². The van der Waals surface area contributed by atoms with Crippen LogP contribution in [0.3, 0.4) is 0 Å². The van der Waals surface area contributed by atoms with Crippen molar-refractivity contribution in [2.45, 2.75) is 204 Å². The minimum Gasteiger partial charge on any atom is -0.479 e. The van der Waals surface area contributed by atoms with Crippen LogP contribution in [0.15, 0.2) is 0 Å². The smallest absolute Gasteiger partial charge is 0.332 e. The topological polar surface area (TPSA) is 243 Å². The normalized spacial score (nSPS) is 37.1. The number of hydrogen-bond donors (Lipinski definition) is 8. The second-order valence-corrected chi connectivity index (χ2v) is 16.8. The molecule has 2 heterocycles. The number of carboxylic acid groups (broad SMARTS) is 1. The predicted molar refractivity (Wildman–Crippen MR) is 207 cm³/mol. The van der Waals surface area contributed by atoms with Crippen LogP contribution in [0.2, 0.25) is 0 Å². The van der Waals surface area contributed by atoms with Crippen LogP contribution in [0.1, 0.15) is 124 Å². The summed E-state index contributed by atoms with van der Waals surface area (Å²) in [5, 5.41) is 70.1. The van der Waals surface area contributed by atoms with E-state index in [1.54, 1.807) is 6.92 Å². The molecular weight excluding hydrogens is 744 g/mol. The summed E-state index contributed by atoms with van der Waals surface area (Å²) in [6.45, 7) is 7.82. The lowest BCUT2D eigenvalue weighted by atomic mass is 9.74. The van der Waals surface area contributed by atoms with E-state index in [4.69, 9.17) is 23.7 Å². The molecule has 0 spiro atoms. The molecule has 4 aliphatic rings. The summed E-state index contributed by atoms with van der Waals surface area (Å²) in [6, 6.07) is -1.25. The highest BCUT2D eigenvalue weighted by Crippen LogP contribution is 2.40. The van der Waals surface area contributed by atoms with Crippen LogP contribution in [-0.4, -0.2) is 148 Å². The molecule has 0 aromatic heterocycles. The van der Waals surface area contributed by atoms with Gasteiger partial charge in [0.1, 0.15) is 48.4 Å². The molecule has 15 atom stereocenters. The highest BCUT2D eigenvalue weighted by molar-refractivity contribution is 5.81. The van der Waals surface area contributed by atoms with Crippen LogP contribution in [0, 0.1) is 17.8 Å². The van der Waals surface area contributed by atoms with Crippen molar-refractivity contribution in [2.75, 3.05) is 19.7 Å². The Bertz CT molecular complexity index is 1220.